The summed E-state index contributed by atoms with van der Waals surface area (Å²) in [6.45, 7) is 2.07. The van der Waals surface area contributed by atoms with E-state index >= 15 is 0 Å². The Balaban J connectivity index is 1.39. The number of aliphatic hydroxyl groups is 1. The number of thioether (sulfide) groups is 1. The van der Waals surface area contributed by atoms with Gasteiger partial charge < -0.3 is 19.5 Å². The van der Waals surface area contributed by atoms with Gasteiger partial charge in [-0.25, -0.2) is 13.2 Å². The lowest BCUT2D eigenvalue weighted by molar-refractivity contribution is -0.142. The summed E-state index contributed by atoms with van der Waals surface area (Å²) in [6, 6.07) is 8.56. The van der Waals surface area contributed by atoms with Crippen molar-refractivity contribution in [2.45, 2.75) is 36.7 Å². The van der Waals surface area contributed by atoms with E-state index in [9.17, 15) is 23.1 Å². The summed E-state index contributed by atoms with van der Waals surface area (Å²) >= 11 is 1.26. The quantitative estimate of drug-likeness (QED) is 0.235. The number of halogens is 3. The number of carbonyl (C=O) groups excluding carboxylic acids is 1. The number of esters is 1. The normalized spacial score (nSPS) is 18.7. The lowest BCUT2D eigenvalue weighted by atomic mass is 9.79. The van der Waals surface area contributed by atoms with Gasteiger partial charge in [0, 0.05) is 41.1 Å². The zero-order valence-corrected chi connectivity index (χ0v) is 22.9. The van der Waals surface area contributed by atoms with Crippen LogP contribution in [0.4, 0.5) is 13.2 Å². The minimum atomic E-state index is -1.04. The number of ether oxygens (including phenoxy) is 2. The van der Waals surface area contributed by atoms with E-state index in [2.05, 4.69) is 9.88 Å². The molecule has 0 amide bonds. The maximum atomic E-state index is 14.8. The van der Waals surface area contributed by atoms with E-state index in [4.69, 9.17) is 9.47 Å². The van der Waals surface area contributed by atoms with Gasteiger partial charge >= 0.3 is 5.97 Å². The maximum absolute atomic E-state index is 14.8. The number of nitrogens with zero attached hydrogens (tertiary/aromatic N) is 2. The molecule has 10 heteroatoms. The first-order valence-electron chi connectivity index (χ1n) is 13.0. The number of carbonyl (C=O) groups is 1. The predicted molar refractivity (Wildman–Crippen MR) is 144 cm³/mol. The first-order chi connectivity index (χ1) is 18.8. The van der Waals surface area contributed by atoms with Gasteiger partial charge in [-0.1, -0.05) is 0 Å². The lowest BCUT2D eigenvalue weighted by Crippen LogP contribution is -2.42. The Labute approximate surface area is 230 Å². The van der Waals surface area contributed by atoms with Crippen LogP contribution < -0.4 is 4.74 Å². The number of pyridine rings is 1. The Morgan fingerprint density at radius 3 is 2.74 bits per heavy atom. The number of piperidine rings is 1. The molecule has 0 saturated carbocycles. The van der Waals surface area contributed by atoms with Crippen LogP contribution in [-0.4, -0.2) is 60.6 Å². The molecule has 1 N–H and O–H groups in total. The smallest absolute Gasteiger partial charge is 0.305 e. The number of fused-ring (bicyclic) bond motifs is 1. The second-order valence-corrected chi connectivity index (χ2v) is 10.9. The van der Waals surface area contributed by atoms with Crippen LogP contribution in [0, 0.1) is 29.3 Å². The number of aromatic nitrogens is 1. The number of rotatable bonds is 11. The molecule has 1 aliphatic heterocycles. The molecule has 210 valence electrons. The Kier molecular flexibility index (Phi) is 10.1. The van der Waals surface area contributed by atoms with E-state index in [0.717, 1.165) is 31.3 Å². The number of hydrogen-bond acceptors (Lipinski definition) is 7. The molecule has 2 heterocycles. The minimum Gasteiger partial charge on any atom is -0.497 e. The van der Waals surface area contributed by atoms with E-state index in [0.29, 0.717) is 48.3 Å². The van der Waals surface area contributed by atoms with Crippen molar-refractivity contribution in [2.24, 2.45) is 11.8 Å². The molecule has 1 aliphatic rings. The first-order valence-corrected chi connectivity index (χ1v) is 13.9. The van der Waals surface area contributed by atoms with Gasteiger partial charge in [0.1, 0.15) is 23.2 Å². The molecular weight excluding hydrogens is 529 g/mol. The summed E-state index contributed by atoms with van der Waals surface area (Å²) in [6.07, 6.45) is 2.04. The number of hydrogen-bond donors (Lipinski definition) is 1. The standard InChI is InChI=1S/C29H33F3N2O4S/c1-37-21-5-7-25-22(15-21)29(24(32)16-33-25)26(35)8-3-18-9-10-34(17-19(18)13-28(36)38-2)11-12-39-27-14-20(30)4-6-23(27)31/h4-7,14-16,18-19,26,35H,3,8-13,17H2,1-2H3. The zero-order chi connectivity index (χ0) is 27.9. The second-order valence-electron chi connectivity index (χ2n) is 9.81. The lowest BCUT2D eigenvalue weighted by Gasteiger charge is -2.38. The highest BCUT2D eigenvalue weighted by Crippen LogP contribution is 2.36. The van der Waals surface area contributed by atoms with Gasteiger partial charge in [0.15, 0.2) is 0 Å². The van der Waals surface area contributed by atoms with Crippen LogP contribution >= 0.6 is 11.8 Å². The van der Waals surface area contributed by atoms with E-state index in [1.807, 2.05) is 0 Å². The summed E-state index contributed by atoms with van der Waals surface area (Å²) in [5.41, 5.74) is 0.765. The van der Waals surface area contributed by atoms with Crippen molar-refractivity contribution in [1.82, 2.24) is 9.88 Å². The fraction of sp³-hybridized carbons (Fsp3) is 0.448. The third-order valence-corrected chi connectivity index (χ3v) is 8.41. The van der Waals surface area contributed by atoms with Crippen molar-refractivity contribution in [3.8, 4) is 5.75 Å². The molecule has 0 bridgehead atoms. The molecule has 0 radical (unpaired) electrons. The van der Waals surface area contributed by atoms with Gasteiger partial charge in [0.25, 0.3) is 0 Å². The van der Waals surface area contributed by atoms with Crippen molar-refractivity contribution < 1.29 is 32.5 Å². The van der Waals surface area contributed by atoms with Crippen LogP contribution in [0.2, 0.25) is 0 Å². The highest BCUT2D eigenvalue weighted by atomic mass is 32.2. The molecule has 3 aromatic rings. The third-order valence-electron chi connectivity index (χ3n) is 7.40. The van der Waals surface area contributed by atoms with Gasteiger partial charge in [0.2, 0.25) is 0 Å². The number of aliphatic hydroxyl groups excluding tert-OH is 1. The summed E-state index contributed by atoms with van der Waals surface area (Å²) in [5.74, 6) is -0.544. The number of benzene rings is 2. The van der Waals surface area contributed by atoms with Gasteiger partial charge in [0.05, 0.1) is 32.0 Å². The van der Waals surface area contributed by atoms with Crippen molar-refractivity contribution in [2.75, 3.05) is 39.6 Å². The molecule has 6 nitrogen and oxygen atoms in total. The molecule has 3 unspecified atom stereocenters. The van der Waals surface area contributed by atoms with Crippen LogP contribution in [-0.2, 0) is 9.53 Å². The second kappa shape index (κ2) is 13.5. The maximum Gasteiger partial charge on any atom is 0.305 e. The summed E-state index contributed by atoms with van der Waals surface area (Å²) in [7, 11) is 2.88. The first kappa shape index (κ1) is 29.2. The van der Waals surface area contributed by atoms with E-state index in [-0.39, 0.29) is 34.7 Å². The van der Waals surface area contributed by atoms with Gasteiger partial charge in [-0.05, 0) is 74.0 Å². The van der Waals surface area contributed by atoms with Gasteiger partial charge in [-0.3, -0.25) is 9.78 Å². The van der Waals surface area contributed by atoms with E-state index < -0.39 is 23.6 Å². The molecule has 1 fully saturated rings. The van der Waals surface area contributed by atoms with Crippen LogP contribution in [0.1, 0.15) is 37.4 Å². The average molecular weight is 563 g/mol. The molecule has 1 aromatic heterocycles. The molecule has 3 atom stereocenters. The molecule has 0 spiro atoms. The fourth-order valence-electron chi connectivity index (χ4n) is 5.29. The fourth-order valence-corrected chi connectivity index (χ4v) is 6.26. The Morgan fingerprint density at radius 1 is 1.15 bits per heavy atom. The predicted octanol–water partition coefficient (Wildman–Crippen LogP) is 5.77. The van der Waals surface area contributed by atoms with Gasteiger partial charge in [-0.15, -0.1) is 11.8 Å². The Bertz CT molecular complexity index is 1290. The molecule has 1 saturated heterocycles. The Hall–Kier alpha value is -2.82. The molecule has 2 aromatic carbocycles. The molecule has 39 heavy (non-hydrogen) atoms. The largest absolute Gasteiger partial charge is 0.497 e. The average Bonchev–Trinajstić information content (AvgIpc) is 2.93. The van der Waals surface area contributed by atoms with E-state index in [1.165, 1.54) is 32.0 Å². The highest BCUT2D eigenvalue weighted by Gasteiger charge is 2.32. The monoisotopic (exact) mass is 562 g/mol. The van der Waals surface area contributed by atoms with Crippen LogP contribution in [0.5, 0.6) is 5.75 Å². The summed E-state index contributed by atoms with van der Waals surface area (Å²) in [5, 5.41) is 11.6. The van der Waals surface area contributed by atoms with Crippen molar-refractivity contribution in [3.63, 3.8) is 0 Å². The number of likely N-dealkylation sites (tertiary alicyclic amines) is 1. The molecule has 4 rings (SSSR count). The van der Waals surface area contributed by atoms with E-state index in [1.54, 1.807) is 18.2 Å². The van der Waals surface area contributed by atoms with Crippen LogP contribution in [0.25, 0.3) is 10.9 Å². The summed E-state index contributed by atoms with van der Waals surface area (Å²) in [4.78, 5) is 18.8. The summed E-state index contributed by atoms with van der Waals surface area (Å²) < 4.78 is 52.4. The van der Waals surface area contributed by atoms with Crippen molar-refractivity contribution >= 4 is 28.6 Å². The SMILES string of the molecule is COC(=O)CC1CN(CCSc2cc(F)ccc2F)CCC1CCC(O)c1c(F)cnc2ccc(OC)cc12. The van der Waals surface area contributed by atoms with Crippen molar-refractivity contribution in [1.29, 1.82) is 0 Å². The van der Waals surface area contributed by atoms with Crippen molar-refractivity contribution in [3.05, 3.63) is 65.6 Å². The van der Waals surface area contributed by atoms with Crippen LogP contribution in [0.3, 0.4) is 0 Å². The minimum absolute atomic E-state index is 0.00608. The van der Waals surface area contributed by atoms with Gasteiger partial charge in [-0.2, -0.15) is 0 Å². The third kappa shape index (κ3) is 7.43. The zero-order valence-electron chi connectivity index (χ0n) is 22.0. The number of methoxy groups -OCH3 is 2. The Morgan fingerprint density at radius 2 is 1.97 bits per heavy atom. The van der Waals surface area contributed by atoms with Crippen LogP contribution in [0.15, 0.2) is 47.5 Å². The molecular formula is C29H33F3N2O4S. The topological polar surface area (TPSA) is 71.9 Å². The highest BCUT2D eigenvalue weighted by molar-refractivity contribution is 7.99. The molecule has 0 aliphatic carbocycles.